The third kappa shape index (κ3) is 4.66. The fourth-order valence-electron chi connectivity index (χ4n) is 2.31. The zero-order valence-corrected chi connectivity index (χ0v) is 15.8. The van der Waals surface area contributed by atoms with Crippen LogP contribution in [0.15, 0.2) is 47.3 Å². The van der Waals surface area contributed by atoms with Gasteiger partial charge < -0.3 is 18.7 Å². The van der Waals surface area contributed by atoms with Crippen LogP contribution in [-0.4, -0.2) is 35.3 Å². The van der Waals surface area contributed by atoms with Crippen LogP contribution in [0.4, 0.5) is 0 Å². The van der Waals surface area contributed by atoms with Crippen molar-refractivity contribution in [3.63, 3.8) is 0 Å². The molecule has 0 N–H and O–H groups in total. The second-order valence-corrected chi connectivity index (χ2v) is 5.84. The molecule has 0 spiro atoms. The van der Waals surface area contributed by atoms with Crippen LogP contribution >= 0.6 is 11.6 Å². The summed E-state index contributed by atoms with van der Waals surface area (Å²) >= 11 is 6.14. The molecule has 0 radical (unpaired) electrons. The van der Waals surface area contributed by atoms with Gasteiger partial charge in [0.1, 0.15) is 0 Å². The summed E-state index contributed by atoms with van der Waals surface area (Å²) in [5, 5.41) is 4.19. The largest absolute Gasteiger partial charge is 0.493 e. The molecule has 144 valence electrons. The maximum Gasteiger partial charge on any atom is 0.331 e. The maximum absolute atomic E-state index is 11.9. The molecule has 2 heterocycles. The van der Waals surface area contributed by atoms with Crippen LogP contribution in [0.1, 0.15) is 11.5 Å². The lowest BCUT2D eigenvalue weighted by molar-refractivity contribution is -0.139. The van der Waals surface area contributed by atoms with Crippen LogP contribution in [-0.2, 0) is 16.1 Å². The van der Waals surface area contributed by atoms with Gasteiger partial charge in [0.15, 0.2) is 18.1 Å². The van der Waals surface area contributed by atoms with E-state index >= 15 is 0 Å². The van der Waals surface area contributed by atoms with E-state index in [0.717, 1.165) is 0 Å². The number of aromatic nitrogens is 3. The topological polar surface area (TPSA) is 96.6 Å². The van der Waals surface area contributed by atoms with Gasteiger partial charge in [0.05, 0.1) is 19.2 Å². The molecule has 0 bridgehead atoms. The summed E-state index contributed by atoms with van der Waals surface area (Å²) in [7, 11) is 2.99. The molecule has 9 heteroatoms. The van der Waals surface area contributed by atoms with Gasteiger partial charge in [-0.3, -0.25) is 4.98 Å². The van der Waals surface area contributed by atoms with Gasteiger partial charge in [-0.2, -0.15) is 4.98 Å². The number of halogens is 1. The van der Waals surface area contributed by atoms with Gasteiger partial charge in [-0.1, -0.05) is 16.8 Å². The number of benzene rings is 1. The lowest BCUT2D eigenvalue weighted by Gasteiger charge is -2.10. The minimum absolute atomic E-state index is 0.150. The van der Waals surface area contributed by atoms with Crippen molar-refractivity contribution in [2.75, 3.05) is 14.2 Å². The number of rotatable bonds is 7. The van der Waals surface area contributed by atoms with E-state index in [1.54, 1.807) is 42.7 Å². The monoisotopic (exact) mass is 401 g/mol. The Bertz CT molecular complexity index is 988. The highest BCUT2D eigenvalue weighted by atomic mass is 35.5. The van der Waals surface area contributed by atoms with E-state index in [1.165, 1.54) is 20.3 Å². The molecule has 0 aliphatic heterocycles. The molecule has 0 amide bonds. The first kappa shape index (κ1) is 19.4. The summed E-state index contributed by atoms with van der Waals surface area (Å²) < 4.78 is 20.6. The zero-order valence-electron chi connectivity index (χ0n) is 15.1. The van der Waals surface area contributed by atoms with Crippen LogP contribution in [0.3, 0.4) is 0 Å². The van der Waals surface area contributed by atoms with E-state index in [2.05, 4.69) is 15.1 Å². The minimum atomic E-state index is -0.577. The molecule has 0 saturated carbocycles. The van der Waals surface area contributed by atoms with Crippen molar-refractivity contribution < 1.29 is 23.5 Å². The van der Waals surface area contributed by atoms with Crippen LogP contribution in [0.2, 0.25) is 5.02 Å². The highest BCUT2D eigenvalue weighted by Crippen LogP contribution is 2.36. The Hall–Kier alpha value is -3.39. The molecule has 0 unspecified atom stereocenters. The van der Waals surface area contributed by atoms with Crippen LogP contribution < -0.4 is 9.47 Å². The molecule has 0 fully saturated rings. The number of hydrogen-bond donors (Lipinski definition) is 0. The quantitative estimate of drug-likeness (QED) is 0.438. The zero-order chi connectivity index (χ0) is 19.9. The molecule has 1 aromatic carbocycles. The first-order valence-corrected chi connectivity index (χ1v) is 8.48. The van der Waals surface area contributed by atoms with E-state index in [0.29, 0.717) is 33.5 Å². The van der Waals surface area contributed by atoms with E-state index in [-0.39, 0.29) is 12.5 Å². The molecule has 0 atom stereocenters. The Morgan fingerprint density at radius 2 is 2.14 bits per heavy atom. The molecule has 3 rings (SSSR count). The number of carbonyl (C=O) groups is 1. The highest BCUT2D eigenvalue weighted by Gasteiger charge is 2.11. The average Bonchev–Trinajstić information content (AvgIpc) is 3.20. The second-order valence-electron chi connectivity index (χ2n) is 5.43. The average molecular weight is 402 g/mol. The summed E-state index contributed by atoms with van der Waals surface area (Å²) in [6, 6.07) is 6.89. The molecular formula is C19H16ClN3O5. The molecule has 0 aliphatic carbocycles. The van der Waals surface area contributed by atoms with Crippen molar-refractivity contribution in [2.45, 2.75) is 6.61 Å². The van der Waals surface area contributed by atoms with Crippen molar-refractivity contribution >= 4 is 23.6 Å². The number of nitrogens with zero attached hydrogens (tertiary/aromatic N) is 3. The van der Waals surface area contributed by atoms with Crippen molar-refractivity contribution in [1.29, 1.82) is 0 Å². The molecular weight excluding hydrogens is 386 g/mol. The normalized spacial score (nSPS) is 10.8. The fourth-order valence-corrected chi connectivity index (χ4v) is 2.60. The molecule has 2 aromatic heterocycles. The van der Waals surface area contributed by atoms with Crippen molar-refractivity contribution in [3.05, 3.63) is 59.2 Å². The summed E-state index contributed by atoms with van der Waals surface area (Å²) in [4.78, 5) is 20.1. The molecule has 0 aliphatic rings. The van der Waals surface area contributed by atoms with E-state index in [9.17, 15) is 4.79 Å². The van der Waals surface area contributed by atoms with Crippen LogP contribution in [0.25, 0.3) is 17.5 Å². The van der Waals surface area contributed by atoms with Crippen molar-refractivity contribution in [3.8, 4) is 22.9 Å². The summed E-state index contributed by atoms with van der Waals surface area (Å²) in [6.07, 6.45) is 6.06. The Balaban J connectivity index is 1.60. The van der Waals surface area contributed by atoms with Gasteiger partial charge in [0, 0.05) is 24.0 Å². The summed E-state index contributed by atoms with van der Waals surface area (Å²) in [6.45, 7) is -0.150. The van der Waals surface area contributed by atoms with E-state index < -0.39 is 5.97 Å². The van der Waals surface area contributed by atoms with Gasteiger partial charge in [-0.05, 0) is 35.9 Å². The SMILES string of the molecule is COc1cc(/C=C/C(=O)OCc2nc(-c3cccnc3)no2)cc(Cl)c1OC. The Labute approximate surface area is 165 Å². The fraction of sp³-hybridized carbons (Fsp3) is 0.158. The van der Waals surface area contributed by atoms with Gasteiger partial charge in [-0.25, -0.2) is 4.79 Å². The summed E-state index contributed by atoms with van der Waals surface area (Å²) in [5.74, 6) is 0.845. The lowest BCUT2D eigenvalue weighted by Crippen LogP contribution is -2.01. The second kappa shape index (κ2) is 9.01. The number of pyridine rings is 1. The van der Waals surface area contributed by atoms with E-state index in [1.807, 2.05) is 0 Å². The number of hydrogen-bond acceptors (Lipinski definition) is 8. The Kier molecular flexibility index (Phi) is 6.23. The smallest absolute Gasteiger partial charge is 0.331 e. The number of esters is 1. The Morgan fingerprint density at radius 3 is 2.86 bits per heavy atom. The third-order valence-electron chi connectivity index (χ3n) is 3.59. The lowest BCUT2D eigenvalue weighted by atomic mass is 10.2. The van der Waals surface area contributed by atoms with E-state index in [4.69, 9.17) is 30.3 Å². The maximum atomic E-state index is 11.9. The van der Waals surface area contributed by atoms with Gasteiger partial charge >= 0.3 is 5.97 Å². The van der Waals surface area contributed by atoms with Crippen molar-refractivity contribution in [1.82, 2.24) is 15.1 Å². The van der Waals surface area contributed by atoms with Gasteiger partial charge in [0.25, 0.3) is 5.89 Å². The van der Waals surface area contributed by atoms with Gasteiger partial charge in [-0.15, -0.1) is 0 Å². The number of ether oxygens (including phenoxy) is 3. The first-order chi connectivity index (χ1) is 13.6. The predicted molar refractivity (Wildman–Crippen MR) is 101 cm³/mol. The highest BCUT2D eigenvalue weighted by molar-refractivity contribution is 6.32. The number of carbonyl (C=O) groups excluding carboxylic acids is 1. The van der Waals surface area contributed by atoms with Crippen LogP contribution in [0.5, 0.6) is 11.5 Å². The van der Waals surface area contributed by atoms with Crippen LogP contribution in [0, 0.1) is 0 Å². The molecule has 8 nitrogen and oxygen atoms in total. The standard InChI is InChI=1S/C19H16ClN3O5/c1-25-15-9-12(8-14(20)18(15)26-2)5-6-17(24)27-11-16-22-19(23-28-16)13-4-3-7-21-10-13/h3-10H,11H2,1-2H3/b6-5+. The molecule has 3 aromatic rings. The van der Waals surface area contributed by atoms with Crippen molar-refractivity contribution in [2.24, 2.45) is 0 Å². The predicted octanol–water partition coefficient (Wildman–Crippen LogP) is 3.56. The third-order valence-corrected chi connectivity index (χ3v) is 3.87. The first-order valence-electron chi connectivity index (χ1n) is 8.10. The molecule has 0 saturated heterocycles. The minimum Gasteiger partial charge on any atom is -0.493 e. The number of methoxy groups -OCH3 is 2. The summed E-state index contributed by atoms with van der Waals surface area (Å²) in [5.41, 5.74) is 1.35. The Morgan fingerprint density at radius 1 is 1.29 bits per heavy atom. The van der Waals surface area contributed by atoms with Gasteiger partial charge in [0.2, 0.25) is 5.82 Å². The molecule has 28 heavy (non-hydrogen) atoms.